The Morgan fingerprint density at radius 2 is 2.12 bits per heavy atom. The summed E-state index contributed by atoms with van der Waals surface area (Å²) >= 11 is 0. The number of Topliss-reactive ketones (excluding diaryl/α,β-unsaturated/α-hetero) is 1. The van der Waals surface area contributed by atoms with Crippen LogP contribution in [0.5, 0.6) is 5.75 Å². The van der Waals surface area contributed by atoms with Gasteiger partial charge in [0.25, 0.3) is 0 Å². The van der Waals surface area contributed by atoms with Crippen LogP contribution in [0.2, 0.25) is 0 Å². The Balaban J connectivity index is 2.01. The fourth-order valence-corrected chi connectivity index (χ4v) is 2.25. The number of ether oxygens (including phenoxy) is 1. The first-order valence-corrected chi connectivity index (χ1v) is 6.19. The average molecular weight is 233 g/mol. The summed E-state index contributed by atoms with van der Waals surface area (Å²) in [6, 6.07) is 8.10. The van der Waals surface area contributed by atoms with Crippen molar-refractivity contribution in [1.29, 1.82) is 0 Å². The van der Waals surface area contributed by atoms with Gasteiger partial charge in [-0.05, 0) is 44.5 Å². The maximum Gasteiger partial charge on any atom is 0.134 e. The first kappa shape index (κ1) is 12.0. The van der Waals surface area contributed by atoms with Crippen LogP contribution < -0.4 is 9.64 Å². The van der Waals surface area contributed by atoms with Crippen molar-refractivity contribution in [2.75, 3.05) is 24.6 Å². The van der Waals surface area contributed by atoms with Gasteiger partial charge in [-0.15, -0.1) is 0 Å². The number of hydrogen-bond acceptors (Lipinski definition) is 3. The third-order valence-corrected chi connectivity index (χ3v) is 3.28. The number of nitrogens with zero attached hydrogens (tertiary/aromatic N) is 1. The van der Waals surface area contributed by atoms with Crippen molar-refractivity contribution in [2.45, 2.75) is 20.3 Å². The van der Waals surface area contributed by atoms with Crippen molar-refractivity contribution in [2.24, 2.45) is 5.92 Å². The number of carbonyl (C=O) groups excluding carboxylic acids is 1. The van der Waals surface area contributed by atoms with Crippen LogP contribution in [0.15, 0.2) is 24.3 Å². The molecule has 0 spiro atoms. The highest BCUT2D eigenvalue weighted by atomic mass is 16.5. The van der Waals surface area contributed by atoms with E-state index < -0.39 is 0 Å². The second-order valence-corrected chi connectivity index (χ2v) is 4.47. The second-order valence-electron chi connectivity index (χ2n) is 4.47. The van der Waals surface area contributed by atoms with E-state index in [0.29, 0.717) is 12.4 Å². The standard InChI is InChI=1S/C14H19NO2/c1-3-17-14-6-4-13(5-7-14)15-9-8-12(10-15)11(2)16/h4-7,12H,3,8-10H2,1-2H3. The summed E-state index contributed by atoms with van der Waals surface area (Å²) in [6.45, 7) is 6.18. The molecule has 2 rings (SSSR count). The van der Waals surface area contributed by atoms with Crippen molar-refractivity contribution in [3.63, 3.8) is 0 Å². The molecule has 0 radical (unpaired) electrons. The van der Waals surface area contributed by atoms with E-state index in [0.717, 1.165) is 25.3 Å². The molecule has 0 aliphatic carbocycles. The molecule has 0 N–H and O–H groups in total. The summed E-state index contributed by atoms with van der Waals surface area (Å²) in [5.41, 5.74) is 1.18. The van der Waals surface area contributed by atoms with Crippen LogP contribution in [-0.4, -0.2) is 25.5 Å². The molecule has 1 aromatic rings. The lowest BCUT2D eigenvalue weighted by atomic mass is 10.1. The zero-order valence-electron chi connectivity index (χ0n) is 10.5. The van der Waals surface area contributed by atoms with Crippen LogP contribution in [0.1, 0.15) is 20.3 Å². The van der Waals surface area contributed by atoms with Crippen LogP contribution in [0.3, 0.4) is 0 Å². The van der Waals surface area contributed by atoms with E-state index in [1.54, 1.807) is 6.92 Å². The summed E-state index contributed by atoms with van der Waals surface area (Å²) in [5, 5.41) is 0. The van der Waals surface area contributed by atoms with Gasteiger partial charge in [-0.2, -0.15) is 0 Å². The van der Waals surface area contributed by atoms with Crippen molar-refractivity contribution in [3.8, 4) is 5.75 Å². The highest BCUT2D eigenvalue weighted by molar-refractivity contribution is 5.79. The molecular formula is C14H19NO2. The van der Waals surface area contributed by atoms with Crippen molar-refractivity contribution in [3.05, 3.63) is 24.3 Å². The van der Waals surface area contributed by atoms with Gasteiger partial charge in [0.15, 0.2) is 0 Å². The Kier molecular flexibility index (Phi) is 3.67. The zero-order chi connectivity index (χ0) is 12.3. The molecule has 1 unspecified atom stereocenters. The van der Waals surface area contributed by atoms with Gasteiger partial charge in [-0.25, -0.2) is 0 Å². The highest BCUT2D eigenvalue weighted by Gasteiger charge is 2.25. The minimum atomic E-state index is 0.210. The Hall–Kier alpha value is -1.51. The smallest absolute Gasteiger partial charge is 0.134 e. The van der Waals surface area contributed by atoms with Gasteiger partial charge < -0.3 is 9.64 Å². The van der Waals surface area contributed by atoms with E-state index in [-0.39, 0.29) is 5.92 Å². The van der Waals surface area contributed by atoms with Crippen LogP contribution in [0.25, 0.3) is 0 Å². The zero-order valence-corrected chi connectivity index (χ0v) is 10.5. The molecule has 3 nitrogen and oxygen atoms in total. The van der Waals surface area contributed by atoms with Crippen molar-refractivity contribution >= 4 is 11.5 Å². The van der Waals surface area contributed by atoms with E-state index in [2.05, 4.69) is 17.0 Å². The number of hydrogen-bond donors (Lipinski definition) is 0. The summed E-state index contributed by atoms with van der Waals surface area (Å²) in [7, 11) is 0. The predicted molar refractivity (Wildman–Crippen MR) is 68.6 cm³/mol. The summed E-state index contributed by atoms with van der Waals surface area (Å²) < 4.78 is 5.41. The average Bonchev–Trinajstić information content (AvgIpc) is 2.80. The summed E-state index contributed by atoms with van der Waals surface area (Å²) in [5.74, 6) is 1.42. The van der Waals surface area contributed by atoms with Gasteiger partial charge in [0, 0.05) is 24.7 Å². The summed E-state index contributed by atoms with van der Waals surface area (Å²) in [4.78, 5) is 13.6. The highest BCUT2D eigenvalue weighted by Crippen LogP contribution is 2.26. The third-order valence-electron chi connectivity index (χ3n) is 3.28. The Bertz CT molecular complexity index is 386. The molecule has 17 heavy (non-hydrogen) atoms. The molecule has 0 saturated carbocycles. The van der Waals surface area contributed by atoms with E-state index in [1.165, 1.54) is 5.69 Å². The van der Waals surface area contributed by atoms with E-state index in [9.17, 15) is 4.79 Å². The number of rotatable bonds is 4. The fourth-order valence-electron chi connectivity index (χ4n) is 2.25. The molecule has 0 bridgehead atoms. The van der Waals surface area contributed by atoms with Gasteiger partial charge in [0.1, 0.15) is 11.5 Å². The molecule has 92 valence electrons. The summed E-state index contributed by atoms with van der Waals surface area (Å²) in [6.07, 6.45) is 0.975. The molecule has 1 aliphatic rings. The number of carbonyl (C=O) groups is 1. The molecular weight excluding hydrogens is 214 g/mol. The molecule has 1 aliphatic heterocycles. The van der Waals surface area contributed by atoms with E-state index >= 15 is 0 Å². The number of benzene rings is 1. The molecule has 1 heterocycles. The minimum Gasteiger partial charge on any atom is -0.494 e. The monoisotopic (exact) mass is 233 g/mol. The van der Waals surface area contributed by atoms with Gasteiger partial charge in [0.05, 0.1) is 6.61 Å². The first-order valence-electron chi connectivity index (χ1n) is 6.19. The molecule has 1 saturated heterocycles. The maximum absolute atomic E-state index is 11.3. The molecule has 0 amide bonds. The number of ketones is 1. The van der Waals surface area contributed by atoms with Gasteiger partial charge in [-0.3, -0.25) is 4.79 Å². The van der Waals surface area contributed by atoms with Crippen LogP contribution in [0.4, 0.5) is 5.69 Å². The second kappa shape index (κ2) is 5.21. The quantitative estimate of drug-likeness (QED) is 0.800. The topological polar surface area (TPSA) is 29.5 Å². The van der Waals surface area contributed by atoms with Crippen LogP contribution in [-0.2, 0) is 4.79 Å². The SMILES string of the molecule is CCOc1ccc(N2CCC(C(C)=O)C2)cc1. The van der Waals surface area contributed by atoms with E-state index in [1.807, 2.05) is 19.1 Å². The van der Waals surface area contributed by atoms with Crippen LogP contribution >= 0.6 is 0 Å². The first-order chi connectivity index (χ1) is 8.20. The lowest BCUT2D eigenvalue weighted by Crippen LogP contribution is -2.21. The van der Waals surface area contributed by atoms with Gasteiger partial charge >= 0.3 is 0 Å². The Morgan fingerprint density at radius 3 is 2.65 bits per heavy atom. The predicted octanol–water partition coefficient (Wildman–Crippen LogP) is 2.50. The Morgan fingerprint density at radius 1 is 1.41 bits per heavy atom. The third kappa shape index (κ3) is 2.78. The van der Waals surface area contributed by atoms with E-state index in [4.69, 9.17) is 4.74 Å². The molecule has 1 atom stereocenters. The van der Waals surface area contributed by atoms with Crippen LogP contribution in [0, 0.1) is 5.92 Å². The largest absolute Gasteiger partial charge is 0.494 e. The lowest BCUT2D eigenvalue weighted by Gasteiger charge is -2.18. The fraction of sp³-hybridized carbons (Fsp3) is 0.500. The molecule has 0 aromatic heterocycles. The normalized spacial score (nSPS) is 19.4. The van der Waals surface area contributed by atoms with Crippen molar-refractivity contribution in [1.82, 2.24) is 0 Å². The lowest BCUT2D eigenvalue weighted by molar-refractivity contribution is -0.120. The molecule has 3 heteroatoms. The van der Waals surface area contributed by atoms with Gasteiger partial charge in [0.2, 0.25) is 0 Å². The number of anilines is 1. The van der Waals surface area contributed by atoms with Crippen molar-refractivity contribution < 1.29 is 9.53 Å². The molecule has 1 fully saturated rings. The molecule has 1 aromatic carbocycles. The van der Waals surface area contributed by atoms with Gasteiger partial charge in [-0.1, -0.05) is 0 Å². The maximum atomic E-state index is 11.3. The Labute approximate surface area is 102 Å². The minimum absolute atomic E-state index is 0.210.